The van der Waals surface area contributed by atoms with Gasteiger partial charge in [-0.3, -0.25) is 4.79 Å². The summed E-state index contributed by atoms with van der Waals surface area (Å²) >= 11 is 0. The number of carbonyl (C=O) groups excluding carboxylic acids is 1. The van der Waals surface area contributed by atoms with E-state index in [2.05, 4.69) is 4.98 Å². The molecule has 1 aromatic carbocycles. The van der Waals surface area contributed by atoms with Crippen molar-refractivity contribution in [1.82, 2.24) is 4.98 Å². The second-order valence-electron chi connectivity index (χ2n) is 3.06. The molecule has 0 radical (unpaired) electrons. The van der Waals surface area contributed by atoms with Crippen molar-refractivity contribution in [1.29, 1.82) is 0 Å². The van der Waals surface area contributed by atoms with Crippen LogP contribution in [0.15, 0.2) is 34.7 Å². The summed E-state index contributed by atoms with van der Waals surface area (Å²) in [5.41, 5.74) is 0.817. The molecule has 1 heterocycles. The molecule has 0 spiro atoms. The molecule has 2 aromatic rings. The number of nitrogens with zero attached hydrogens (tertiary/aromatic N) is 1. The van der Waals surface area contributed by atoms with Crippen molar-refractivity contribution in [2.24, 2.45) is 0 Å². The van der Waals surface area contributed by atoms with Gasteiger partial charge in [0.05, 0.1) is 11.8 Å². The Labute approximate surface area is 86.2 Å². The van der Waals surface area contributed by atoms with Gasteiger partial charge in [-0.1, -0.05) is 30.3 Å². The third-order valence-electron chi connectivity index (χ3n) is 1.97. The van der Waals surface area contributed by atoms with Crippen LogP contribution in [0.2, 0.25) is 0 Å². The van der Waals surface area contributed by atoms with Crippen LogP contribution in [-0.2, 0) is 6.42 Å². The van der Waals surface area contributed by atoms with Crippen molar-refractivity contribution in [2.75, 3.05) is 0 Å². The Morgan fingerprint density at radius 3 is 2.67 bits per heavy atom. The Hall–Kier alpha value is -2.10. The molecule has 0 fully saturated rings. The second kappa shape index (κ2) is 3.96. The van der Waals surface area contributed by atoms with Crippen LogP contribution in [0.3, 0.4) is 0 Å². The van der Waals surface area contributed by atoms with Gasteiger partial charge in [0.15, 0.2) is 6.29 Å². The lowest BCUT2D eigenvalue weighted by molar-refractivity contribution is -0.294. The number of rotatable bonds is 3. The maximum atomic E-state index is 11.0. The van der Waals surface area contributed by atoms with E-state index in [0.717, 1.165) is 5.56 Å². The molecule has 0 N–H and O–H groups in total. The fourth-order valence-corrected chi connectivity index (χ4v) is 1.28. The molecule has 0 unspecified atom stereocenters. The molecular weight excluding hydrogens is 194 g/mol. The smallest absolute Gasteiger partial charge is 0.170 e. The number of hydrogen-bond acceptors (Lipinski definition) is 4. The molecule has 2 rings (SSSR count). The van der Waals surface area contributed by atoms with Gasteiger partial charge in [-0.05, 0) is 5.56 Å². The Bertz CT molecular complexity index is 462. The topological polar surface area (TPSA) is 66.2 Å². The van der Waals surface area contributed by atoms with Gasteiger partial charge in [-0.15, -0.1) is 0 Å². The van der Waals surface area contributed by atoms with Crippen molar-refractivity contribution in [3.05, 3.63) is 47.5 Å². The molecule has 0 aliphatic carbocycles. The molecule has 0 amide bonds. The number of carbonyl (C=O) groups is 1. The fraction of sp³-hybridized carbons (Fsp3) is 0.0909. The van der Waals surface area contributed by atoms with Crippen molar-refractivity contribution in [2.45, 2.75) is 6.42 Å². The lowest BCUT2D eigenvalue weighted by Crippen LogP contribution is -1.91. The molecule has 15 heavy (non-hydrogen) atoms. The normalized spacial score (nSPS) is 10.1. The summed E-state index contributed by atoms with van der Waals surface area (Å²) in [4.78, 5) is 14.1. The SMILES string of the molecule is O=Cc1nc(Cc2ccccc2)oc1[O-]. The third kappa shape index (κ3) is 2.04. The van der Waals surface area contributed by atoms with Crippen molar-refractivity contribution >= 4 is 6.29 Å². The minimum absolute atomic E-state index is 0.166. The summed E-state index contributed by atoms with van der Waals surface area (Å²) in [6.07, 6.45) is 0.824. The van der Waals surface area contributed by atoms with Gasteiger partial charge in [0.2, 0.25) is 0 Å². The van der Waals surface area contributed by atoms with Crippen LogP contribution in [0.25, 0.3) is 0 Å². The maximum Gasteiger partial charge on any atom is 0.170 e. The zero-order valence-corrected chi connectivity index (χ0v) is 7.84. The van der Waals surface area contributed by atoms with Gasteiger partial charge in [0, 0.05) is 6.42 Å². The number of aromatic nitrogens is 1. The number of oxazole rings is 1. The lowest BCUT2D eigenvalue weighted by Gasteiger charge is -1.99. The number of aldehydes is 1. The van der Waals surface area contributed by atoms with E-state index >= 15 is 0 Å². The van der Waals surface area contributed by atoms with E-state index in [1.165, 1.54) is 0 Å². The van der Waals surface area contributed by atoms with E-state index in [0.29, 0.717) is 12.7 Å². The van der Waals surface area contributed by atoms with E-state index in [9.17, 15) is 9.90 Å². The van der Waals surface area contributed by atoms with Gasteiger partial charge in [-0.2, -0.15) is 0 Å². The highest BCUT2D eigenvalue weighted by molar-refractivity contribution is 5.74. The standard InChI is InChI=1S/C11H9NO3/c13-7-9-11(14)15-10(12-9)6-8-4-2-1-3-5-8/h1-5,7,14H,6H2/p-1. The third-order valence-corrected chi connectivity index (χ3v) is 1.97. The Morgan fingerprint density at radius 1 is 1.33 bits per heavy atom. The van der Waals surface area contributed by atoms with E-state index in [1.807, 2.05) is 30.3 Å². The summed E-state index contributed by atoms with van der Waals surface area (Å²) in [5.74, 6) is -0.399. The highest BCUT2D eigenvalue weighted by Gasteiger charge is 2.02. The van der Waals surface area contributed by atoms with Crippen LogP contribution in [0.1, 0.15) is 21.9 Å². The van der Waals surface area contributed by atoms with Crippen molar-refractivity contribution in [3.63, 3.8) is 0 Å². The second-order valence-corrected chi connectivity index (χ2v) is 3.06. The molecule has 4 heteroatoms. The first-order valence-corrected chi connectivity index (χ1v) is 4.45. The number of hydrogen-bond donors (Lipinski definition) is 0. The quantitative estimate of drug-likeness (QED) is 0.700. The summed E-state index contributed by atoms with van der Waals surface area (Å²) in [6.45, 7) is 0. The van der Waals surface area contributed by atoms with Gasteiger partial charge < -0.3 is 9.52 Å². The van der Waals surface area contributed by atoms with E-state index < -0.39 is 5.95 Å². The van der Waals surface area contributed by atoms with Crippen LogP contribution >= 0.6 is 0 Å². The molecule has 0 bridgehead atoms. The molecule has 0 saturated carbocycles. The van der Waals surface area contributed by atoms with Crippen molar-refractivity contribution in [3.8, 4) is 5.95 Å². The predicted molar refractivity (Wildman–Crippen MR) is 50.6 cm³/mol. The largest absolute Gasteiger partial charge is 0.566 e. The van der Waals surface area contributed by atoms with Crippen LogP contribution in [0.4, 0.5) is 0 Å². The lowest BCUT2D eigenvalue weighted by atomic mass is 10.1. The first kappa shape index (κ1) is 9.45. The molecule has 1 aromatic heterocycles. The van der Waals surface area contributed by atoms with Gasteiger partial charge in [0.1, 0.15) is 5.69 Å². The fourth-order valence-electron chi connectivity index (χ4n) is 1.28. The first-order valence-electron chi connectivity index (χ1n) is 4.45. The first-order chi connectivity index (χ1) is 7.29. The zero-order valence-electron chi connectivity index (χ0n) is 7.84. The molecule has 0 saturated heterocycles. The van der Waals surface area contributed by atoms with Crippen LogP contribution in [0, 0.1) is 0 Å². The molecule has 4 nitrogen and oxygen atoms in total. The van der Waals surface area contributed by atoms with Gasteiger partial charge in [-0.25, -0.2) is 4.98 Å². The maximum absolute atomic E-state index is 11.0. The predicted octanol–water partition coefficient (Wildman–Crippen LogP) is 1.15. The Morgan fingerprint density at radius 2 is 2.07 bits per heavy atom. The molecule has 0 aliphatic heterocycles. The number of benzene rings is 1. The van der Waals surface area contributed by atoms with E-state index in [-0.39, 0.29) is 11.6 Å². The van der Waals surface area contributed by atoms with E-state index in [4.69, 9.17) is 4.42 Å². The highest BCUT2D eigenvalue weighted by atomic mass is 16.5. The highest BCUT2D eigenvalue weighted by Crippen LogP contribution is 2.15. The zero-order chi connectivity index (χ0) is 10.7. The molecular formula is C11H8NO3-. The summed E-state index contributed by atoms with van der Waals surface area (Å²) in [7, 11) is 0. The van der Waals surface area contributed by atoms with Gasteiger partial charge >= 0.3 is 0 Å². The van der Waals surface area contributed by atoms with Gasteiger partial charge in [0.25, 0.3) is 0 Å². The van der Waals surface area contributed by atoms with E-state index in [1.54, 1.807) is 0 Å². The molecule has 0 aliphatic rings. The van der Waals surface area contributed by atoms with Crippen LogP contribution in [0.5, 0.6) is 5.95 Å². The Kier molecular flexibility index (Phi) is 2.49. The monoisotopic (exact) mass is 202 g/mol. The van der Waals surface area contributed by atoms with Crippen molar-refractivity contribution < 1.29 is 14.3 Å². The van der Waals surface area contributed by atoms with Crippen LogP contribution < -0.4 is 5.11 Å². The summed E-state index contributed by atoms with van der Waals surface area (Å²) in [5, 5.41) is 11.0. The average molecular weight is 202 g/mol. The minimum Gasteiger partial charge on any atom is -0.566 e. The summed E-state index contributed by atoms with van der Waals surface area (Å²) in [6, 6.07) is 9.47. The van der Waals surface area contributed by atoms with Crippen LogP contribution in [-0.4, -0.2) is 11.3 Å². The molecule has 76 valence electrons. The Balaban J connectivity index is 2.21. The summed E-state index contributed by atoms with van der Waals surface area (Å²) < 4.78 is 4.81. The minimum atomic E-state index is -0.670. The molecule has 0 atom stereocenters. The average Bonchev–Trinajstić information content (AvgIpc) is 2.60.